The van der Waals surface area contributed by atoms with Gasteiger partial charge in [0.15, 0.2) is 0 Å². The van der Waals surface area contributed by atoms with Gasteiger partial charge in [-0.15, -0.1) is 0 Å². The Balaban J connectivity index is 2.20. The van der Waals surface area contributed by atoms with Crippen molar-refractivity contribution in [1.29, 1.82) is 0 Å². The first kappa shape index (κ1) is 31.4. The van der Waals surface area contributed by atoms with Crippen LogP contribution in [0.5, 0.6) is 0 Å². The zero-order valence-corrected chi connectivity index (χ0v) is 23.3. The maximum atomic E-state index is 13.3. The summed E-state index contributed by atoms with van der Waals surface area (Å²) in [7, 11) is -3.93. The molecule has 12 heteroatoms. The Morgan fingerprint density at radius 1 is 1.05 bits per heavy atom. The summed E-state index contributed by atoms with van der Waals surface area (Å²) in [5, 5.41) is 3.33. The van der Waals surface area contributed by atoms with Gasteiger partial charge in [-0.2, -0.15) is 13.2 Å². The Kier molecular flexibility index (Phi) is 11.0. The van der Waals surface area contributed by atoms with Gasteiger partial charge in [-0.05, 0) is 55.2 Å². The first-order valence-electron chi connectivity index (χ1n) is 12.1. The molecule has 0 aliphatic heterocycles. The molecule has 2 rings (SSSR count). The number of alkyl halides is 3. The van der Waals surface area contributed by atoms with Crippen LogP contribution in [0.4, 0.5) is 18.9 Å². The number of amides is 2. The third kappa shape index (κ3) is 9.50. The molecule has 0 radical (unpaired) electrons. The number of hydrogen-bond donors (Lipinski definition) is 1. The van der Waals surface area contributed by atoms with Crippen LogP contribution in [0.3, 0.4) is 0 Å². The fourth-order valence-corrected chi connectivity index (χ4v) is 4.75. The molecular formula is C26H33ClF3N3O4S. The number of anilines is 1. The number of rotatable bonds is 12. The second-order valence-electron chi connectivity index (χ2n) is 9.45. The van der Waals surface area contributed by atoms with Gasteiger partial charge in [0.25, 0.3) is 0 Å². The van der Waals surface area contributed by atoms with Gasteiger partial charge in [0, 0.05) is 31.1 Å². The summed E-state index contributed by atoms with van der Waals surface area (Å²) >= 11 is 5.95. The van der Waals surface area contributed by atoms with E-state index in [1.165, 1.54) is 11.0 Å². The van der Waals surface area contributed by atoms with E-state index >= 15 is 0 Å². The number of nitrogens with one attached hydrogen (secondary N) is 1. The van der Waals surface area contributed by atoms with Gasteiger partial charge < -0.3 is 10.2 Å². The van der Waals surface area contributed by atoms with Gasteiger partial charge in [-0.25, -0.2) is 8.42 Å². The average Bonchev–Trinajstić information content (AvgIpc) is 2.83. The van der Waals surface area contributed by atoms with Gasteiger partial charge in [0.1, 0.15) is 6.04 Å². The lowest BCUT2D eigenvalue weighted by Gasteiger charge is -2.29. The second kappa shape index (κ2) is 13.3. The van der Waals surface area contributed by atoms with E-state index in [1.807, 2.05) is 13.8 Å². The van der Waals surface area contributed by atoms with Gasteiger partial charge >= 0.3 is 6.18 Å². The topological polar surface area (TPSA) is 86.8 Å². The molecule has 0 saturated heterocycles. The van der Waals surface area contributed by atoms with Crippen LogP contribution < -0.4 is 9.62 Å². The smallest absolute Gasteiger partial charge is 0.354 e. The molecule has 0 fully saturated rings. The highest BCUT2D eigenvalue weighted by molar-refractivity contribution is 7.92. The molecule has 0 spiro atoms. The maximum Gasteiger partial charge on any atom is 0.416 e. The number of benzene rings is 2. The van der Waals surface area contributed by atoms with E-state index < -0.39 is 33.7 Å². The van der Waals surface area contributed by atoms with Gasteiger partial charge in [0.05, 0.1) is 17.5 Å². The van der Waals surface area contributed by atoms with Crippen molar-refractivity contribution >= 4 is 39.1 Å². The van der Waals surface area contributed by atoms with Gasteiger partial charge in [-0.1, -0.05) is 43.6 Å². The number of sulfonamides is 1. The molecule has 38 heavy (non-hydrogen) atoms. The molecule has 2 amide bonds. The number of hydrogen-bond acceptors (Lipinski definition) is 4. The number of halogens is 4. The summed E-state index contributed by atoms with van der Waals surface area (Å²) in [5.41, 5.74) is -0.377. The Labute approximate surface area is 227 Å². The monoisotopic (exact) mass is 575 g/mol. The van der Waals surface area contributed by atoms with Crippen molar-refractivity contribution in [2.24, 2.45) is 5.92 Å². The summed E-state index contributed by atoms with van der Waals surface area (Å²) in [6.07, 6.45) is -3.84. The molecule has 0 aromatic heterocycles. The predicted octanol–water partition coefficient (Wildman–Crippen LogP) is 5.09. The molecule has 2 aromatic carbocycles. The third-order valence-electron chi connectivity index (χ3n) is 5.73. The summed E-state index contributed by atoms with van der Waals surface area (Å²) in [6, 6.07) is 10.0. The van der Waals surface area contributed by atoms with Crippen LogP contribution >= 0.6 is 11.6 Å². The van der Waals surface area contributed by atoms with E-state index in [-0.39, 0.29) is 43.4 Å². The summed E-state index contributed by atoms with van der Waals surface area (Å²) < 4.78 is 65.1. The highest BCUT2D eigenvalue weighted by Gasteiger charge is 2.32. The molecule has 0 aliphatic carbocycles. The predicted molar refractivity (Wildman–Crippen MR) is 142 cm³/mol. The quantitative estimate of drug-likeness (QED) is 0.382. The van der Waals surface area contributed by atoms with Crippen molar-refractivity contribution < 1.29 is 31.2 Å². The minimum Gasteiger partial charge on any atom is -0.354 e. The number of carbonyl (C=O) groups is 2. The molecule has 0 heterocycles. The van der Waals surface area contributed by atoms with Crippen LogP contribution in [-0.2, 0) is 32.3 Å². The highest BCUT2D eigenvalue weighted by Crippen LogP contribution is 2.32. The lowest BCUT2D eigenvalue weighted by molar-refractivity contribution is -0.140. The highest BCUT2D eigenvalue weighted by atomic mass is 35.5. The Morgan fingerprint density at radius 3 is 2.24 bits per heavy atom. The Morgan fingerprint density at radius 2 is 1.68 bits per heavy atom. The molecule has 1 atom stereocenters. The standard InChI is InChI=1S/C26H33ClF3N3O4S/c1-18(2)16-31-25(35)19(3)32(17-20-10-12-22(27)13-11-20)24(34)9-6-14-33(38(4,36)37)23-8-5-7-21(15-23)26(28,29)30/h5,7-8,10-13,15,18-19H,6,9,14,16-17H2,1-4H3,(H,31,35)/t19-/m0/s1. The van der Waals surface area contributed by atoms with Crippen LogP contribution in [0.25, 0.3) is 0 Å². The molecule has 0 saturated carbocycles. The van der Waals surface area contributed by atoms with Crippen LogP contribution in [0, 0.1) is 5.92 Å². The Hall–Kier alpha value is -2.79. The molecule has 7 nitrogen and oxygen atoms in total. The van der Waals surface area contributed by atoms with Crippen LogP contribution in [-0.4, -0.2) is 50.5 Å². The summed E-state index contributed by atoms with van der Waals surface area (Å²) in [4.78, 5) is 27.4. The van der Waals surface area contributed by atoms with E-state index in [2.05, 4.69) is 5.32 Å². The van der Waals surface area contributed by atoms with Gasteiger partial charge in [-0.3, -0.25) is 13.9 Å². The van der Waals surface area contributed by atoms with E-state index in [9.17, 15) is 31.2 Å². The lowest BCUT2D eigenvalue weighted by Crippen LogP contribution is -2.48. The Bertz CT molecular complexity index is 1200. The van der Waals surface area contributed by atoms with Crippen molar-refractivity contribution in [3.63, 3.8) is 0 Å². The molecule has 0 aliphatic rings. The molecule has 0 unspecified atom stereocenters. The minimum absolute atomic E-state index is 0.0274. The molecule has 210 valence electrons. The van der Waals surface area contributed by atoms with E-state index in [1.54, 1.807) is 31.2 Å². The van der Waals surface area contributed by atoms with Crippen LogP contribution in [0.2, 0.25) is 5.02 Å². The van der Waals surface area contributed by atoms with Crippen molar-refractivity contribution in [2.45, 2.75) is 52.4 Å². The maximum absolute atomic E-state index is 13.3. The third-order valence-corrected chi connectivity index (χ3v) is 7.18. The van der Waals surface area contributed by atoms with Crippen molar-refractivity contribution in [3.05, 3.63) is 64.7 Å². The average molecular weight is 576 g/mol. The normalized spacial score (nSPS) is 12.8. The zero-order valence-electron chi connectivity index (χ0n) is 21.8. The first-order valence-corrected chi connectivity index (χ1v) is 14.3. The number of nitrogens with zero attached hydrogens (tertiary/aromatic N) is 2. The van der Waals surface area contributed by atoms with Crippen molar-refractivity contribution in [1.82, 2.24) is 10.2 Å². The summed E-state index contributed by atoms with van der Waals surface area (Å²) in [6.45, 7) is 5.84. The minimum atomic E-state index is -4.64. The molecule has 2 aromatic rings. The molecule has 1 N–H and O–H groups in total. The van der Waals surface area contributed by atoms with Crippen LogP contribution in [0.15, 0.2) is 48.5 Å². The summed E-state index contributed by atoms with van der Waals surface area (Å²) in [5.74, 6) is -0.517. The van der Waals surface area contributed by atoms with Crippen LogP contribution in [0.1, 0.15) is 44.7 Å². The lowest BCUT2D eigenvalue weighted by atomic mass is 10.1. The van der Waals surface area contributed by atoms with Crippen molar-refractivity contribution in [3.8, 4) is 0 Å². The van der Waals surface area contributed by atoms with E-state index in [0.717, 1.165) is 34.3 Å². The number of carbonyl (C=O) groups excluding carboxylic acids is 2. The largest absolute Gasteiger partial charge is 0.416 e. The first-order chi connectivity index (χ1) is 17.6. The SMILES string of the molecule is CC(C)CNC(=O)[C@H](C)N(Cc1ccc(Cl)cc1)C(=O)CCCN(c1cccc(C(F)(F)F)c1)S(C)(=O)=O. The fraction of sp³-hybridized carbons (Fsp3) is 0.462. The van der Waals surface area contributed by atoms with E-state index in [0.29, 0.717) is 11.6 Å². The molecule has 0 bridgehead atoms. The molecular weight excluding hydrogens is 543 g/mol. The zero-order chi connectivity index (χ0) is 28.7. The fourth-order valence-electron chi connectivity index (χ4n) is 3.66. The van der Waals surface area contributed by atoms with E-state index in [4.69, 9.17) is 11.6 Å². The van der Waals surface area contributed by atoms with Gasteiger partial charge in [0.2, 0.25) is 21.8 Å². The second-order valence-corrected chi connectivity index (χ2v) is 11.8. The van der Waals surface area contributed by atoms with Crippen molar-refractivity contribution in [2.75, 3.05) is 23.7 Å².